The Morgan fingerprint density at radius 1 is 0.319 bits per heavy atom. The van der Waals surface area contributed by atoms with E-state index in [4.69, 9.17) is 9.47 Å². The van der Waals surface area contributed by atoms with Crippen molar-refractivity contribution in [2.45, 2.75) is 238 Å². The summed E-state index contributed by atoms with van der Waals surface area (Å²) in [4.78, 5) is 24.6. The number of esters is 2. The molecule has 0 rings (SSSR count). The third kappa shape index (κ3) is 58.1. The van der Waals surface area contributed by atoms with E-state index in [1.54, 1.807) is 0 Å². The molecule has 0 saturated heterocycles. The molecule has 0 aromatic heterocycles. The number of carbonyl (C=O) groups excluding carboxylic acids is 2. The predicted octanol–water partition coefficient (Wildman–Crippen LogP) is 20.0. The van der Waals surface area contributed by atoms with Crippen molar-refractivity contribution in [2.75, 3.05) is 13.2 Å². The average molecular weight is 992 g/mol. The van der Waals surface area contributed by atoms with Gasteiger partial charge in [0, 0.05) is 12.8 Å². The van der Waals surface area contributed by atoms with Crippen LogP contribution in [0.25, 0.3) is 0 Å². The normalized spacial score (nSPS) is 13.4. The van der Waals surface area contributed by atoms with Crippen molar-refractivity contribution in [2.24, 2.45) is 0 Å². The van der Waals surface area contributed by atoms with Gasteiger partial charge >= 0.3 is 11.9 Å². The van der Waals surface area contributed by atoms with E-state index in [0.29, 0.717) is 12.8 Å². The first-order valence-electron chi connectivity index (χ1n) is 29.0. The van der Waals surface area contributed by atoms with Crippen LogP contribution in [-0.2, 0) is 19.1 Å². The van der Waals surface area contributed by atoms with Gasteiger partial charge in [-0.25, -0.2) is 0 Å². The minimum atomic E-state index is -0.793. The van der Waals surface area contributed by atoms with Gasteiger partial charge in [-0.15, -0.1) is 0 Å². The highest BCUT2D eigenvalue weighted by Gasteiger charge is 2.16. The Bertz CT molecular complexity index is 1590. The number of aliphatic hydroxyl groups excluding tert-OH is 1. The van der Waals surface area contributed by atoms with Crippen molar-refractivity contribution >= 4 is 11.9 Å². The molecule has 1 N–H and O–H groups in total. The third-order valence-corrected chi connectivity index (χ3v) is 11.8. The molecule has 404 valence electrons. The van der Waals surface area contributed by atoms with Crippen LogP contribution in [0.1, 0.15) is 232 Å². The lowest BCUT2D eigenvalue weighted by Gasteiger charge is -2.15. The molecule has 0 bridgehead atoms. The van der Waals surface area contributed by atoms with E-state index in [9.17, 15) is 14.7 Å². The molecular formula is C67H106O5. The highest BCUT2D eigenvalue weighted by molar-refractivity contribution is 5.70. The van der Waals surface area contributed by atoms with Gasteiger partial charge in [0.2, 0.25) is 0 Å². The molecule has 0 aliphatic carbocycles. The summed E-state index contributed by atoms with van der Waals surface area (Å²) in [6, 6.07) is 0. The summed E-state index contributed by atoms with van der Waals surface area (Å²) in [6.07, 6.45) is 93.5. The number of hydrogen-bond acceptors (Lipinski definition) is 5. The van der Waals surface area contributed by atoms with Crippen molar-refractivity contribution in [3.05, 3.63) is 158 Å². The van der Waals surface area contributed by atoms with Gasteiger partial charge in [-0.2, -0.15) is 0 Å². The zero-order valence-electron chi connectivity index (χ0n) is 46.1. The Kier molecular flexibility index (Phi) is 57.0. The summed E-state index contributed by atoms with van der Waals surface area (Å²) in [6.45, 7) is 3.90. The molecule has 1 atom stereocenters. The van der Waals surface area contributed by atoms with Crippen LogP contribution in [0.2, 0.25) is 0 Å². The van der Waals surface area contributed by atoms with Gasteiger partial charge in [-0.05, 0) is 122 Å². The second kappa shape index (κ2) is 60.8. The molecule has 0 aliphatic heterocycles. The van der Waals surface area contributed by atoms with Crippen molar-refractivity contribution in [3.63, 3.8) is 0 Å². The Morgan fingerprint density at radius 3 is 0.833 bits per heavy atom. The van der Waals surface area contributed by atoms with E-state index in [1.807, 2.05) is 0 Å². The molecular weight excluding hydrogens is 885 g/mol. The Balaban J connectivity index is 3.61. The molecule has 0 fully saturated rings. The standard InChI is InChI=1S/C67H106O5/c1-3-5-7-9-11-13-15-17-19-21-23-25-27-29-30-31-32-33-34-35-36-38-40-42-44-46-48-50-52-54-56-58-60-62-67(70)72-65(63-68)64-71-66(69)61-59-57-55-53-51-49-47-45-43-41-39-37-28-26-24-22-20-18-16-14-12-10-8-6-4-2/h5-8,11-14,17-20,23-26,29-30,32-33,35-37,39-40,42,65,68H,3-4,9-10,15-16,21-22,27-28,31,34,38,41,43-64H2,1-2H3/b7-5-,8-6-,13-11-,14-12-,19-17-,20-18-,25-23-,26-24-,30-29-,33-32-,36-35-,39-37-,42-40-. The second-order valence-corrected chi connectivity index (χ2v) is 18.6. The molecule has 72 heavy (non-hydrogen) atoms. The highest BCUT2D eigenvalue weighted by atomic mass is 16.6. The van der Waals surface area contributed by atoms with Gasteiger partial charge in [-0.1, -0.05) is 255 Å². The first-order valence-corrected chi connectivity index (χ1v) is 29.0. The molecule has 0 aromatic rings. The van der Waals surface area contributed by atoms with Crippen LogP contribution in [0.5, 0.6) is 0 Å². The van der Waals surface area contributed by atoms with E-state index >= 15 is 0 Å². The van der Waals surface area contributed by atoms with E-state index in [1.165, 1.54) is 77.0 Å². The van der Waals surface area contributed by atoms with Crippen LogP contribution >= 0.6 is 0 Å². The fraction of sp³-hybridized carbons (Fsp3) is 0.582. The average Bonchev–Trinajstić information content (AvgIpc) is 3.38. The lowest BCUT2D eigenvalue weighted by molar-refractivity contribution is -0.161. The molecule has 5 nitrogen and oxygen atoms in total. The molecule has 0 spiro atoms. The number of carbonyl (C=O) groups is 2. The van der Waals surface area contributed by atoms with E-state index in [2.05, 4.69) is 172 Å². The summed E-state index contributed by atoms with van der Waals surface area (Å²) in [5.74, 6) is -0.617. The number of hydrogen-bond donors (Lipinski definition) is 1. The smallest absolute Gasteiger partial charge is 0.306 e. The topological polar surface area (TPSA) is 72.8 Å². The molecule has 0 amide bonds. The molecule has 0 heterocycles. The van der Waals surface area contributed by atoms with Crippen LogP contribution in [0.15, 0.2) is 158 Å². The van der Waals surface area contributed by atoms with Gasteiger partial charge in [0.1, 0.15) is 6.61 Å². The zero-order valence-corrected chi connectivity index (χ0v) is 46.1. The van der Waals surface area contributed by atoms with Crippen molar-refractivity contribution < 1.29 is 24.2 Å². The summed E-state index contributed by atoms with van der Waals surface area (Å²) < 4.78 is 10.7. The Labute approximate surface area is 443 Å². The van der Waals surface area contributed by atoms with E-state index < -0.39 is 6.10 Å². The van der Waals surface area contributed by atoms with Crippen LogP contribution in [0, 0.1) is 0 Å². The lowest BCUT2D eigenvalue weighted by atomic mass is 10.1. The number of ether oxygens (including phenoxy) is 2. The maximum absolute atomic E-state index is 12.3. The van der Waals surface area contributed by atoms with Crippen molar-refractivity contribution in [1.29, 1.82) is 0 Å². The molecule has 0 aliphatic rings. The molecule has 0 saturated carbocycles. The van der Waals surface area contributed by atoms with Crippen LogP contribution in [0.3, 0.4) is 0 Å². The second-order valence-electron chi connectivity index (χ2n) is 18.6. The van der Waals surface area contributed by atoms with Crippen LogP contribution in [-0.4, -0.2) is 36.4 Å². The van der Waals surface area contributed by atoms with Gasteiger partial charge in [0.05, 0.1) is 6.61 Å². The number of unbranched alkanes of at least 4 members (excludes halogenated alkanes) is 17. The monoisotopic (exact) mass is 991 g/mol. The fourth-order valence-electron chi connectivity index (χ4n) is 7.54. The minimum absolute atomic E-state index is 0.0826. The van der Waals surface area contributed by atoms with E-state index in [-0.39, 0.29) is 25.2 Å². The largest absolute Gasteiger partial charge is 0.462 e. The number of allylic oxidation sites excluding steroid dienone is 26. The first kappa shape index (κ1) is 67.5. The Hall–Kier alpha value is -4.48. The summed E-state index contributed by atoms with van der Waals surface area (Å²) in [5, 5.41) is 9.66. The molecule has 1 unspecified atom stereocenters. The summed E-state index contributed by atoms with van der Waals surface area (Å²) >= 11 is 0. The highest BCUT2D eigenvalue weighted by Crippen LogP contribution is 2.14. The maximum Gasteiger partial charge on any atom is 0.306 e. The van der Waals surface area contributed by atoms with Gasteiger partial charge in [0.25, 0.3) is 0 Å². The van der Waals surface area contributed by atoms with Gasteiger partial charge in [-0.3, -0.25) is 9.59 Å². The maximum atomic E-state index is 12.3. The van der Waals surface area contributed by atoms with Crippen molar-refractivity contribution in [1.82, 2.24) is 0 Å². The van der Waals surface area contributed by atoms with Crippen LogP contribution in [0.4, 0.5) is 0 Å². The third-order valence-electron chi connectivity index (χ3n) is 11.8. The number of rotatable bonds is 51. The first-order chi connectivity index (χ1) is 35.6. The zero-order chi connectivity index (χ0) is 52.0. The van der Waals surface area contributed by atoms with Crippen molar-refractivity contribution in [3.8, 4) is 0 Å². The summed E-state index contributed by atoms with van der Waals surface area (Å²) in [5.41, 5.74) is 0. The van der Waals surface area contributed by atoms with E-state index in [0.717, 1.165) is 128 Å². The minimum Gasteiger partial charge on any atom is -0.462 e. The fourth-order valence-corrected chi connectivity index (χ4v) is 7.54. The lowest BCUT2D eigenvalue weighted by Crippen LogP contribution is -2.28. The SMILES string of the molecule is CC/C=C\C/C=C\C/C=C\C/C=C\C/C=C\C/C=C\C/C=C\C/C=C\CCCCCCCCCCC(=O)OC(CO)COC(=O)CCCCCCCCCCC/C=C\C/C=C\C/C=C\C/C=C\C/C=C\CC. The predicted molar refractivity (Wildman–Crippen MR) is 315 cm³/mol. The summed E-state index contributed by atoms with van der Waals surface area (Å²) in [7, 11) is 0. The van der Waals surface area contributed by atoms with Gasteiger partial charge < -0.3 is 14.6 Å². The molecule has 5 heteroatoms. The molecule has 0 aromatic carbocycles. The van der Waals surface area contributed by atoms with Crippen LogP contribution < -0.4 is 0 Å². The van der Waals surface area contributed by atoms with Gasteiger partial charge in [0.15, 0.2) is 6.10 Å². The Morgan fingerprint density at radius 2 is 0.556 bits per heavy atom. The molecule has 0 radical (unpaired) electrons. The number of aliphatic hydroxyl groups is 1. The quantitative estimate of drug-likeness (QED) is 0.0373.